The SMILES string of the molecule is Cc1ccccc1NC(=O)NC1N=C(c2ccc(Cl)cc2)c2c(sc(C)c2C)-n2c(C)nnc21. The molecular weight excluding hydrogens is 468 g/mol. The standard InChI is InChI=1S/C25H23ClN6OS/c1-13-7-5-6-8-19(13)27-25(33)29-22-23-31-30-16(4)32(23)24-20(14(2)15(3)34-24)21(28-22)17-9-11-18(26)12-10-17/h5-12,22H,1-4H3,(H2,27,29,33). The van der Waals surface area contributed by atoms with Gasteiger partial charge in [0.05, 0.1) is 5.71 Å². The Bertz CT molecular complexity index is 1440. The molecule has 0 saturated heterocycles. The van der Waals surface area contributed by atoms with E-state index in [2.05, 4.69) is 34.7 Å². The molecule has 0 bridgehead atoms. The number of rotatable bonds is 3. The first-order chi connectivity index (χ1) is 16.3. The van der Waals surface area contributed by atoms with E-state index in [0.29, 0.717) is 10.8 Å². The number of halogens is 1. The van der Waals surface area contributed by atoms with Crippen LogP contribution in [0.4, 0.5) is 10.5 Å². The lowest BCUT2D eigenvalue weighted by Crippen LogP contribution is -2.33. The fourth-order valence-corrected chi connectivity index (χ4v) is 5.36. The monoisotopic (exact) mass is 490 g/mol. The lowest BCUT2D eigenvalue weighted by molar-refractivity contribution is 0.248. The third-order valence-electron chi connectivity index (χ3n) is 5.94. The van der Waals surface area contributed by atoms with E-state index in [1.54, 1.807) is 11.3 Å². The van der Waals surface area contributed by atoms with Crippen molar-refractivity contribution in [1.82, 2.24) is 20.1 Å². The maximum absolute atomic E-state index is 13.0. The first-order valence-corrected chi connectivity index (χ1v) is 12.0. The van der Waals surface area contributed by atoms with Crippen molar-refractivity contribution in [2.45, 2.75) is 33.9 Å². The Morgan fingerprint density at radius 3 is 2.50 bits per heavy atom. The molecule has 2 aromatic heterocycles. The summed E-state index contributed by atoms with van der Waals surface area (Å²) in [6.07, 6.45) is -0.741. The minimum absolute atomic E-state index is 0.371. The largest absolute Gasteiger partial charge is 0.321 e. The van der Waals surface area contributed by atoms with Gasteiger partial charge >= 0.3 is 6.03 Å². The molecule has 1 unspecified atom stereocenters. The van der Waals surface area contributed by atoms with Crippen molar-refractivity contribution in [3.8, 4) is 5.00 Å². The van der Waals surface area contributed by atoms with Gasteiger partial charge in [0.1, 0.15) is 10.8 Å². The van der Waals surface area contributed by atoms with Crippen LogP contribution in [0.3, 0.4) is 0 Å². The molecule has 0 spiro atoms. The summed E-state index contributed by atoms with van der Waals surface area (Å²) >= 11 is 7.82. The lowest BCUT2D eigenvalue weighted by atomic mass is 10.00. The molecule has 4 aromatic rings. The number of nitrogens with one attached hydrogen (secondary N) is 2. The van der Waals surface area contributed by atoms with E-state index in [0.717, 1.165) is 44.5 Å². The predicted octanol–water partition coefficient (Wildman–Crippen LogP) is 5.89. The summed E-state index contributed by atoms with van der Waals surface area (Å²) < 4.78 is 1.99. The summed E-state index contributed by atoms with van der Waals surface area (Å²) in [4.78, 5) is 19.2. The molecule has 1 aliphatic rings. The van der Waals surface area contributed by atoms with Gasteiger partial charge in [0.2, 0.25) is 0 Å². The Labute approximate surface area is 206 Å². The van der Waals surface area contributed by atoms with Crippen LogP contribution in [0.2, 0.25) is 5.02 Å². The summed E-state index contributed by atoms with van der Waals surface area (Å²) in [5, 5.41) is 16.3. The molecule has 34 heavy (non-hydrogen) atoms. The molecule has 1 aliphatic heterocycles. The van der Waals surface area contributed by atoms with Gasteiger partial charge in [-0.05, 0) is 57.0 Å². The van der Waals surface area contributed by atoms with E-state index in [1.807, 2.05) is 66.9 Å². The van der Waals surface area contributed by atoms with E-state index < -0.39 is 6.17 Å². The number of amides is 2. The lowest BCUT2D eigenvalue weighted by Gasteiger charge is -2.16. The van der Waals surface area contributed by atoms with Crippen LogP contribution in [0, 0.1) is 27.7 Å². The Morgan fingerprint density at radius 1 is 1.03 bits per heavy atom. The Balaban J connectivity index is 1.63. The smallest absolute Gasteiger partial charge is 0.309 e. The minimum Gasteiger partial charge on any atom is -0.309 e. The molecule has 2 amide bonds. The number of aromatic nitrogens is 3. The van der Waals surface area contributed by atoms with Gasteiger partial charge in [-0.1, -0.05) is 41.9 Å². The van der Waals surface area contributed by atoms with Crippen molar-refractivity contribution in [2.75, 3.05) is 5.32 Å². The topological polar surface area (TPSA) is 84.2 Å². The molecule has 172 valence electrons. The Morgan fingerprint density at radius 2 is 1.76 bits per heavy atom. The van der Waals surface area contributed by atoms with E-state index in [-0.39, 0.29) is 6.03 Å². The van der Waals surface area contributed by atoms with Gasteiger partial charge in [0.25, 0.3) is 0 Å². The molecular formula is C25H23ClN6OS. The Hall–Kier alpha value is -3.49. The highest BCUT2D eigenvalue weighted by Crippen LogP contribution is 2.38. The second-order valence-corrected chi connectivity index (χ2v) is 9.84. The number of aryl methyl sites for hydroxylation is 3. The molecule has 5 rings (SSSR count). The zero-order valence-corrected chi connectivity index (χ0v) is 20.8. The van der Waals surface area contributed by atoms with Crippen LogP contribution >= 0.6 is 22.9 Å². The number of thiophene rings is 1. The van der Waals surface area contributed by atoms with Crippen LogP contribution < -0.4 is 10.6 Å². The number of carbonyl (C=O) groups excluding carboxylic acids is 1. The number of hydrogen-bond acceptors (Lipinski definition) is 5. The van der Waals surface area contributed by atoms with Crippen molar-refractivity contribution in [3.63, 3.8) is 0 Å². The van der Waals surface area contributed by atoms with Crippen molar-refractivity contribution < 1.29 is 4.79 Å². The maximum atomic E-state index is 13.0. The Kier molecular flexibility index (Phi) is 5.71. The summed E-state index contributed by atoms with van der Waals surface area (Å²) in [6, 6.07) is 14.8. The molecule has 9 heteroatoms. The minimum atomic E-state index is -0.741. The molecule has 2 N–H and O–H groups in total. The number of carbonyl (C=O) groups is 1. The summed E-state index contributed by atoms with van der Waals surface area (Å²) in [6.45, 7) is 8.04. The van der Waals surface area contributed by atoms with Crippen LogP contribution in [0.25, 0.3) is 5.00 Å². The van der Waals surface area contributed by atoms with Crippen molar-refractivity contribution in [2.24, 2.45) is 4.99 Å². The number of benzene rings is 2. The van der Waals surface area contributed by atoms with Gasteiger partial charge < -0.3 is 10.6 Å². The quantitative estimate of drug-likeness (QED) is 0.375. The van der Waals surface area contributed by atoms with Gasteiger partial charge in [-0.15, -0.1) is 21.5 Å². The zero-order chi connectivity index (χ0) is 24.0. The van der Waals surface area contributed by atoms with Gasteiger partial charge in [-0.25, -0.2) is 4.79 Å². The zero-order valence-electron chi connectivity index (χ0n) is 19.2. The number of urea groups is 1. The predicted molar refractivity (Wildman–Crippen MR) is 137 cm³/mol. The average Bonchev–Trinajstić information content (AvgIpc) is 3.28. The second-order valence-electron chi connectivity index (χ2n) is 8.20. The highest BCUT2D eigenvalue weighted by atomic mass is 35.5. The molecule has 2 aromatic carbocycles. The normalized spacial score (nSPS) is 14.6. The average molecular weight is 491 g/mol. The molecule has 7 nitrogen and oxygen atoms in total. The summed E-state index contributed by atoms with van der Waals surface area (Å²) in [5.74, 6) is 1.29. The number of nitrogens with zero attached hydrogens (tertiary/aromatic N) is 4. The second kappa shape index (κ2) is 8.70. The van der Waals surface area contributed by atoms with Crippen LogP contribution in [0.1, 0.15) is 44.9 Å². The van der Waals surface area contributed by atoms with Crippen molar-refractivity contribution in [1.29, 1.82) is 0 Å². The number of aliphatic imine (C=N–C) groups is 1. The molecule has 0 saturated carbocycles. The fourth-order valence-electron chi connectivity index (χ4n) is 4.02. The van der Waals surface area contributed by atoms with Gasteiger partial charge in [0, 0.05) is 26.7 Å². The van der Waals surface area contributed by atoms with Crippen molar-refractivity contribution in [3.05, 3.63) is 92.3 Å². The van der Waals surface area contributed by atoms with E-state index >= 15 is 0 Å². The van der Waals surface area contributed by atoms with Crippen LogP contribution in [0.5, 0.6) is 0 Å². The van der Waals surface area contributed by atoms with Crippen molar-refractivity contribution >= 4 is 40.4 Å². The van der Waals surface area contributed by atoms with Crippen LogP contribution in [-0.2, 0) is 0 Å². The number of para-hydroxylation sites is 1. The third-order valence-corrected chi connectivity index (χ3v) is 7.38. The third kappa shape index (κ3) is 3.89. The van der Waals surface area contributed by atoms with Gasteiger partial charge in [0.15, 0.2) is 12.0 Å². The number of anilines is 1. The summed E-state index contributed by atoms with van der Waals surface area (Å²) in [5.41, 5.74) is 5.54. The van der Waals surface area contributed by atoms with E-state index in [1.165, 1.54) is 4.88 Å². The first kappa shape index (κ1) is 22.3. The number of fused-ring (bicyclic) bond motifs is 3. The number of hydrogen-bond donors (Lipinski definition) is 2. The summed E-state index contributed by atoms with van der Waals surface area (Å²) in [7, 11) is 0. The maximum Gasteiger partial charge on any atom is 0.321 e. The fraction of sp³-hybridized carbons (Fsp3) is 0.200. The van der Waals surface area contributed by atoms with Crippen LogP contribution in [-0.4, -0.2) is 26.5 Å². The van der Waals surface area contributed by atoms with E-state index in [9.17, 15) is 4.79 Å². The van der Waals surface area contributed by atoms with Gasteiger partial charge in [-0.3, -0.25) is 9.56 Å². The highest BCUT2D eigenvalue weighted by molar-refractivity contribution is 7.15. The molecule has 0 radical (unpaired) electrons. The molecule has 3 heterocycles. The van der Waals surface area contributed by atoms with E-state index in [4.69, 9.17) is 16.6 Å². The van der Waals surface area contributed by atoms with Gasteiger partial charge in [-0.2, -0.15) is 0 Å². The molecule has 0 fully saturated rings. The molecule has 1 atom stereocenters. The first-order valence-electron chi connectivity index (χ1n) is 10.8. The highest BCUT2D eigenvalue weighted by Gasteiger charge is 2.32. The van der Waals surface area contributed by atoms with Crippen LogP contribution in [0.15, 0.2) is 53.5 Å². The molecule has 0 aliphatic carbocycles.